The molecule has 0 saturated carbocycles. The Bertz CT molecular complexity index is 454. The van der Waals surface area contributed by atoms with Crippen LogP contribution in [0.25, 0.3) is 0 Å². The van der Waals surface area contributed by atoms with Crippen LogP contribution in [0.2, 0.25) is 0 Å². The Morgan fingerprint density at radius 3 is 2.41 bits per heavy atom. The Balaban J connectivity index is 3.00. The molecule has 0 amide bonds. The van der Waals surface area contributed by atoms with Crippen LogP contribution in [0.15, 0.2) is 12.2 Å². The number of nitrogens with two attached hydrogens (primary N) is 1. The Hall–Kier alpha value is -0.990. The van der Waals surface area contributed by atoms with Gasteiger partial charge in [0.2, 0.25) is 0 Å². The summed E-state index contributed by atoms with van der Waals surface area (Å²) < 4.78 is 29.1. The topological polar surface area (TPSA) is 89.2 Å². The quantitative estimate of drug-likeness (QED) is 0.452. The second kappa shape index (κ2) is 12.5. The molecule has 0 unspecified atom stereocenters. The van der Waals surface area contributed by atoms with Gasteiger partial charge in [-0.15, -0.1) is 0 Å². The maximum absolute atomic E-state index is 12.3. The van der Waals surface area contributed by atoms with Gasteiger partial charge >= 0.3 is 5.97 Å². The largest absolute Gasteiger partial charge is 0.456 e. The van der Waals surface area contributed by atoms with Crippen LogP contribution < -0.4 is 5.73 Å². The maximum atomic E-state index is 12.3. The molecule has 0 aromatic rings. The molecule has 2 N–H and O–H groups in total. The fraction of sp³-hybridized carbons (Fsp3) is 0.850. The maximum Gasteiger partial charge on any atom is 0.325 e. The van der Waals surface area contributed by atoms with Crippen LogP contribution in [0.5, 0.6) is 0 Å². The van der Waals surface area contributed by atoms with Crippen molar-refractivity contribution < 1.29 is 28.5 Å². The molecule has 1 saturated heterocycles. The summed E-state index contributed by atoms with van der Waals surface area (Å²) in [5.74, 6) is 0.145. The first-order valence-electron chi connectivity index (χ1n) is 9.69. The highest BCUT2D eigenvalue weighted by atomic mass is 16.6. The summed E-state index contributed by atoms with van der Waals surface area (Å²) >= 11 is 0. The van der Waals surface area contributed by atoms with Crippen LogP contribution in [0.4, 0.5) is 0 Å². The molecule has 1 fully saturated rings. The highest BCUT2D eigenvalue weighted by Gasteiger charge is 2.37. The van der Waals surface area contributed by atoms with Crippen LogP contribution >= 0.6 is 0 Å². The lowest BCUT2D eigenvalue weighted by Crippen LogP contribution is -2.48. The monoisotopic (exact) mass is 387 g/mol. The highest BCUT2D eigenvalue weighted by Crippen LogP contribution is 2.19. The molecule has 0 bridgehead atoms. The van der Waals surface area contributed by atoms with E-state index < -0.39 is 24.2 Å². The Labute approximate surface area is 163 Å². The molecule has 0 aromatic heterocycles. The summed E-state index contributed by atoms with van der Waals surface area (Å²) in [7, 11) is 0. The van der Waals surface area contributed by atoms with Gasteiger partial charge in [-0.3, -0.25) is 4.79 Å². The molecule has 0 aromatic carbocycles. The van der Waals surface area contributed by atoms with Gasteiger partial charge in [-0.25, -0.2) is 0 Å². The summed E-state index contributed by atoms with van der Waals surface area (Å²) in [6.07, 6.45) is -1.53. The number of ether oxygens (including phenoxy) is 5. The standard InChI is InChI=1S/C20H37NO6/c1-13(2)7-23-12-18-19(26-9-15(5)6)17(25-8-14(3)4)11-24-10-16(21)20(22)27-18/h14-19H,1,7-12,21H2,2-6H3/t16-,17-,18+,19+/m0/s1. The lowest BCUT2D eigenvalue weighted by molar-refractivity contribution is -0.180. The van der Waals surface area contributed by atoms with Gasteiger partial charge in [-0.05, 0) is 18.8 Å². The number of cyclic esters (lactones) is 1. The Kier molecular flexibility index (Phi) is 11.1. The molecule has 158 valence electrons. The van der Waals surface area contributed by atoms with Gasteiger partial charge in [0.1, 0.15) is 18.2 Å². The zero-order valence-corrected chi connectivity index (χ0v) is 17.4. The first kappa shape index (κ1) is 24.0. The van der Waals surface area contributed by atoms with E-state index in [9.17, 15) is 4.79 Å². The van der Waals surface area contributed by atoms with Crippen molar-refractivity contribution in [1.29, 1.82) is 0 Å². The van der Waals surface area contributed by atoms with Crippen molar-refractivity contribution in [2.45, 2.75) is 59.0 Å². The van der Waals surface area contributed by atoms with E-state index >= 15 is 0 Å². The van der Waals surface area contributed by atoms with Gasteiger partial charge < -0.3 is 29.4 Å². The van der Waals surface area contributed by atoms with E-state index in [0.717, 1.165) is 5.57 Å². The number of hydrogen-bond acceptors (Lipinski definition) is 7. The molecule has 0 radical (unpaired) electrons. The third-order valence-corrected chi connectivity index (χ3v) is 3.78. The van der Waals surface area contributed by atoms with Crippen molar-refractivity contribution in [2.24, 2.45) is 17.6 Å². The molecular weight excluding hydrogens is 350 g/mol. The fourth-order valence-electron chi connectivity index (χ4n) is 2.47. The molecule has 27 heavy (non-hydrogen) atoms. The van der Waals surface area contributed by atoms with Gasteiger partial charge in [-0.2, -0.15) is 0 Å². The average Bonchev–Trinajstić information content (AvgIpc) is 2.61. The van der Waals surface area contributed by atoms with E-state index in [2.05, 4.69) is 34.3 Å². The molecular formula is C20H37NO6. The zero-order valence-electron chi connectivity index (χ0n) is 17.4. The van der Waals surface area contributed by atoms with Gasteiger partial charge in [-0.1, -0.05) is 39.8 Å². The minimum absolute atomic E-state index is 0.0800. The van der Waals surface area contributed by atoms with Crippen LogP contribution in [0.3, 0.4) is 0 Å². The van der Waals surface area contributed by atoms with Crippen LogP contribution in [0, 0.1) is 11.8 Å². The van der Waals surface area contributed by atoms with Gasteiger partial charge in [0.25, 0.3) is 0 Å². The predicted molar refractivity (Wildman–Crippen MR) is 103 cm³/mol. The minimum atomic E-state index is -0.844. The van der Waals surface area contributed by atoms with E-state index in [1.54, 1.807) is 0 Å². The predicted octanol–water partition coefficient (Wildman–Crippen LogP) is 1.93. The first-order chi connectivity index (χ1) is 12.7. The number of carbonyl (C=O) groups is 1. The minimum Gasteiger partial charge on any atom is -0.456 e. The van der Waals surface area contributed by atoms with Crippen LogP contribution in [-0.4, -0.2) is 70.0 Å². The summed E-state index contributed by atoms with van der Waals surface area (Å²) in [4.78, 5) is 12.3. The zero-order chi connectivity index (χ0) is 20.4. The van der Waals surface area contributed by atoms with E-state index in [1.165, 1.54) is 0 Å². The number of rotatable bonds is 10. The Morgan fingerprint density at radius 1 is 1.19 bits per heavy atom. The van der Waals surface area contributed by atoms with Crippen LogP contribution in [0.1, 0.15) is 34.6 Å². The second-order valence-corrected chi connectivity index (χ2v) is 8.05. The summed E-state index contributed by atoms with van der Waals surface area (Å²) in [6, 6.07) is -0.844. The molecule has 1 aliphatic heterocycles. The lowest BCUT2D eigenvalue weighted by Gasteiger charge is -2.33. The van der Waals surface area contributed by atoms with Crippen molar-refractivity contribution in [1.82, 2.24) is 0 Å². The third kappa shape index (κ3) is 9.67. The highest BCUT2D eigenvalue weighted by molar-refractivity contribution is 5.75. The van der Waals surface area contributed by atoms with E-state index in [-0.39, 0.29) is 25.9 Å². The van der Waals surface area contributed by atoms with E-state index in [0.29, 0.717) is 31.7 Å². The SMILES string of the molecule is C=C(C)COC[C@H]1OC(=O)[C@@H](N)COC[C@H](OCC(C)C)[C@H]1OCC(C)C. The van der Waals surface area contributed by atoms with E-state index in [4.69, 9.17) is 29.4 Å². The molecule has 1 rings (SSSR count). The fourth-order valence-corrected chi connectivity index (χ4v) is 2.47. The normalized spacial score (nSPS) is 27.2. The smallest absolute Gasteiger partial charge is 0.325 e. The van der Waals surface area contributed by atoms with Crippen molar-refractivity contribution in [2.75, 3.05) is 39.6 Å². The van der Waals surface area contributed by atoms with Gasteiger partial charge in [0.15, 0.2) is 6.10 Å². The molecule has 7 nitrogen and oxygen atoms in total. The van der Waals surface area contributed by atoms with Crippen molar-refractivity contribution >= 4 is 5.97 Å². The molecule has 0 aliphatic carbocycles. The average molecular weight is 388 g/mol. The molecule has 1 heterocycles. The van der Waals surface area contributed by atoms with Gasteiger partial charge in [0.05, 0.1) is 26.4 Å². The summed E-state index contributed by atoms with van der Waals surface area (Å²) in [6.45, 7) is 15.9. The first-order valence-corrected chi connectivity index (χ1v) is 9.69. The van der Waals surface area contributed by atoms with Gasteiger partial charge in [0, 0.05) is 13.2 Å². The summed E-state index contributed by atoms with van der Waals surface area (Å²) in [5.41, 5.74) is 6.74. The van der Waals surface area contributed by atoms with Crippen LogP contribution in [-0.2, 0) is 28.5 Å². The number of hydrogen-bond donors (Lipinski definition) is 1. The molecule has 4 atom stereocenters. The number of carbonyl (C=O) groups excluding carboxylic acids is 1. The lowest BCUT2D eigenvalue weighted by atomic mass is 10.1. The van der Waals surface area contributed by atoms with Crippen molar-refractivity contribution in [3.63, 3.8) is 0 Å². The van der Waals surface area contributed by atoms with E-state index in [1.807, 2.05) is 6.92 Å². The van der Waals surface area contributed by atoms with Crippen molar-refractivity contribution in [3.05, 3.63) is 12.2 Å². The summed E-state index contributed by atoms with van der Waals surface area (Å²) in [5, 5.41) is 0. The third-order valence-electron chi connectivity index (χ3n) is 3.78. The molecule has 7 heteroatoms. The second-order valence-electron chi connectivity index (χ2n) is 8.05. The molecule has 0 spiro atoms. The van der Waals surface area contributed by atoms with Crippen molar-refractivity contribution in [3.8, 4) is 0 Å². The Morgan fingerprint density at radius 2 is 1.81 bits per heavy atom. The molecule has 1 aliphatic rings. The number of esters is 1.